The topological polar surface area (TPSA) is 41.9 Å². The monoisotopic (exact) mass is 713 g/mol. The number of unbranched alkanes of at least 4 members (excludes halogenated alkanes) is 2. The molecular formula is C39H56F5NO3S. The number of ether oxygens (including phenoxy) is 2. The van der Waals surface area contributed by atoms with Gasteiger partial charge in [-0.2, -0.15) is 33.7 Å². The highest BCUT2D eigenvalue weighted by atomic mass is 32.2. The molecule has 1 saturated heterocycles. The Morgan fingerprint density at radius 2 is 1.80 bits per heavy atom. The number of alkyl halides is 5. The molecule has 5 rings (SSSR count). The van der Waals surface area contributed by atoms with Crippen molar-refractivity contribution in [2.75, 3.05) is 38.2 Å². The largest absolute Gasteiger partial charge is 0.465 e. The van der Waals surface area contributed by atoms with Gasteiger partial charge in [-0.25, -0.2) is 0 Å². The van der Waals surface area contributed by atoms with Crippen LogP contribution in [-0.2, 0) is 11.2 Å². The first kappa shape index (κ1) is 38.7. The molecule has 0 bridgehead atoms. The standard InChI is InChI=1S/C39H56F5NO3S/c1-4-37(46)20-17-33-35-28(12-6-5-8-21-45(3)22-11-25-49-24-10-18-38(40,41)39(42,43)44)26-29-27-30(48-34-13-7-9-23-47-34)14-15-31(29)32(35)16-19-36(33,37)2/h1,14-15,27-28,32-35,46H,5-13,16-26H2,2-3H3/t28-,32-,33+,34?,35-,36+,37+/m1/s1. The summed E-state index contributed by atoms with van der Waals surface area (Å²) >= 11 is 1.45. The average Bonchev–Trinajstić information content (AvgIpc) is 3.34. The summed E-state index contributed by atoms with van der Waals surface area (Å²) in [4.78, 5) is 2.29. The van der Waals surface area contributed by atoms with Gasteiger partial charge in [-0.1, -0.05) is 31.8 Å². The van der Waals surface area contributed by atoms with E-state index in [2.05, 4.69) is 43.0 Å². The van der Waals surface area contributed by atoms with E-state index in [1.165, 1.54) is 22.9 Å². The van der Waals surface area contributed by atoms with Crippen LogP contribution in [-0.4, -0.2) is 72.2 Å². The van der Waals surface area contributed by atoms with Gasteiger partial charge in [0.1, 0.15) is 11.4 Å². The number of benzene rings is 1. The summed E-state index contributed by atoms with van der Waals surface area (Å²) in [6.45, 7) is 4.85. The van der Waals surface area contributed by atoms with Gasteiger partial charge in [0.05, 0.1) is 6.61 Å². The van der Waals surface area contributed by atoms with Crippen molar-refractivity contribution < 1.29 is 36.5 Å². The molecule has 3 fully saturated rings. The molecule has 1 unspecified atom stereocenters. The number of hydrogen-bond donors (Lipinski definition) is 1. The summed E-state index contributed by atoms with van der Waals surface area (Å²) in [5.41, 5.74) is 1.57. The molecule has 4 nitrogen and oxygen atoms in total. The van der Waals surface area contributed by atoms with Crippen LogP contribution in [0.1, 0.15) is 114 Å². The van der Waals surface area contributed by atoms with Crippen molar-refractivity contribution in [1.82, 2.24) is 4.90 Å². The Bertz CT molecular complexity index is 1270. The van der Waals surface area contributed by atoms with Gasteiger partial charge in [0, 0.05) is 18.3 Å². The fraction of sp³-hybridized carbons (Fsp3) is 0.795. The SMILES string of the molecule is C#C[C@]1(O)CC[C@H]2[C@@H]3[C@H](CCCCCN(C)CCCSCCCC(F)(F)C(F)(F)F)Cc4cc(OC5CCCCO5)ccc4[C@H]3CC[C@@]21C. The molecule has 1 aromatic carbocycles. The van der Waals surface area contributed by atoms with E-state index in [-0.39, 0.29) is 18.1 Å². The highest BCUT2D eigenvalue weighted by Crippen LogP contribution is 2.65. The van der Waals surface area contributed by atoms with Crippen LogP contribution >= 0.6 is 11.8 Å². The lowest BCUT2D eigenvalue weighted by molar-refractivity contribution is -0.284. The van der Waals surface area contributed by atoms with Gasteiger partial charge in [0.2, 0.25) is 0 Å². The first-order valence-electron chi connectivity index (χ1n) is 18.6. The molecule has 7 atom stereocenters. The minimum absolute atomic E-state index is 0.143. The highest BCUT2D eigenvalue weighted by Gasteiger charge is 2.62. The first-order valence-corrected chi connectivity index (χ1v) is 19.8. The summed E-state index contributed by atoms with van der Waals surface area (Å²) in [5, 5.41) is 11.6. The molecule has 10 heteroatoms. The van der Waals surface area contributed by atoms with Crippen LogP contribution in [0.15, 0.2) is 18.2 Å². The molecular weight excluding hydrogens is 657 g/mol. The lowest BCUT2D eigenvalue weighted by atomic mass is 9.50. The van der Waals surface area contributed by atoms with E-state index in [0.717, 1.165) is 108 Å². The van der Waals surface area contributed by atoms with Crippen molar-refractivity contribution in [2.24, 2.45) is 23.2 Å². The van der Waals surface area contributed by atoms with Crippen LogP contribution in [0.5, 0.6) is 5.75 Å². The minimum Gasteiger partial charge on any atom is -0.465 e. The van der Waals surface area contributed by atoms with Crippen molar-refractivity contribution in [3.63, 3.8) is 0 Å². The quantitative estimate of drug-likeness (QED) is 0.105. The molecule has 49 heavy (non-hydrogen) atoms. The maximum Gasteiger partial charge on any atom is 0.453 e. The Labute approximate surface area is 294 Å². The van der Waals surface area contributed by atoms with E-state index in [0.29, 0.717) is 35.8 Å². The third-order valence-corrected chi connectivity index (χ3v) is 13.5. The predicted octanol–water partition coefficient (Wildman–Crippen LogP) is 9.63. The Balaban J connectivity index is 1.11. The number of halogens is 5. The van der Waals surface area contributed by atoms with E-state index >= 15 is 0 Å². The Morgan fingerprint density at radius 3 is 2.53 bits per heavy atom. The van der Waals surface area contributed by atoms with Crippen LogP contribution in [0.2, 0.25) is 0 Å². The zero-order valence-electron chi connectivity index (χ0n) is 29.3. The zero-order chi connectivity index (χ0) is 35.3. The third-order valence-electron chi connectivity index (χ3n) is 12.3. The van der Waals surface area contributed by atoms with Crippen LogP contribution in [0.3, 0.4) is 0 Å². The third kappa shape index (κ3) is 8.92. The normalized spacial score (nSPS) is 31.6. The Kier molecular flexibility index (Phi) is 13.0. The summed E-state index contributed by atoms with van der Waals surface area (Å²) < 4.78 is 75.2. The Morgan fingerprint density at radius 1 is 1.02 bits per heavy atom. The van der Waals surface area contributed by atoms with E-state index in [9.17, 15) is 27.1 Å². The van der Waals surface area contributed by atoms with Gasteiger partial charge in [0.25, 0.3) is 0 Å². The second-order valence-electron chi connectivity index (χ2n) is 15.5. The van der Waals surface area contributed by atoms with Gasteiger partial charge in [-0.3, -0.25) is 0 Å². The number of thioether (sulfide) groups is 1. The molecule has 1 aliphatic heterocycles. The van der Waals surface area contributed by atoms with Crippen molar-refractivity contribution in [3.05, 3.63) is 29.3 Å². The van der Waals surface area contributed by atoms with Crippen molar-refractivity contribution >= 4 is 11.8 Å². The molecule has 2 saturated carbocycles. The lowest BCUT2D eigenvalue weighted by Crippen LogP contribution is -2.52. The average molecular weight is 714 g/mol. The second-order valence-corrected chi connectivity index (χ2v) is 16.7. The first-order chi connectivity index (χ1) is 23.3. The summed E-state index contributed by atoms with van der Waals surface area (Å²) in [6.07, 6.45) is 12.2. The summed E-state index contributed by atoms with van der Waals surface area (Å²) in [6, 6.07) is 6.69. The van der Waals surface area contributed by atoms with E-state index in [1.807, 2.05) is 0 Å². The lowest BCUT2D eigenvalue weighted by Gasteiger charge is -2.54. The zero-order valence-corrected chi connectivity index (χ0v) is 30.2. The number of hydrogen-bond acceptors (Lipinski definition) is 5. The van der Waals surface area contributed by atoms with Crippen LogP contribution in [0, 0.1) is 35.5 Å². The van der Waals surface area contributed by atoms with Gasteiger partial charge in [-0.15, -0.1) is 6.42 Å². The summed E-state index contributed by atoms with van der Waals surface area (Å²) in [7, 11) is 2.09. The Hall–Kier alpha value is -1.54. The van der Waals surface area contributed by atoms with Crippen LogP contribution in [0.25, 0.3) is 0 Å². The summed E-state index contributed by atoms with van der Waals surface area (Å²) in [5.74, 6) is 2.09. The molecule has 1 N–H and O–H groups in total. The number of fused-ring (bicyclic) bond motifs is 5. The fourth-order valence-electron chi connectivity index (χ4n) is 9.49. The second kappa shape index (κ2) is 16.4. The van der Waals surface area contributed by atoms with Crippen molar-refractivity contribution in [2.45, 2.75) is 133 Å². The van der Waals surface area contributed by atoms with Gasteiger partial charge >= 0.3 is 12.1 Å². The number of nitrogens with zero attached hydrogens (tertiary/aromatic N) is 1. The molecule has 0 radical (unpaired) electrons. The van der Waals surface area contributed by atoms with Crippen LogP contribution < -0.4 is 4.74 Å². The maximum absolute atomic E-state index is 13.1. The molecule has 1 heterocycles. The van der Waals surface area contributed by atoms with E-state index in [1.54, 1.807) is 0 Å². The molecule has 4 aliphatic rings. The van der Waals surface area contributed by atoms with Crippen LogP contribution in [0.4, 0.5) is 22.0 Å². The highest BCUT2D eigenvalue weighted by molar-refractivity contribution is 7.99. The molecule has 1 aromatic rings. The predicted molar refractivity (Wildman–Crippen MR) is 186 cm³/mol. The van der Waals surface area contributed by atoms with Gasteiger partial charge < -0.3 is 19.5 Å². The van der Waals surface area contributed by atoms with Gasteiger partial charge in [-0.05, 0) is 149 Å². The molecule has 0 amide bonds. The number of terminal acetylenes is 1. The van der Waals surface area contributed by atoms with Gasteiger partial charge in [0.15, 0.2) is 6.29 Å². The molecule has 3 aliphatic carbocycles. The maximum atomic E-state index is 13.1. The van der Waals surface area contributed by atoms with Crippen molar-refractivity contribution in [3.8, 4) is 18.1 Å². The minimum atomic E-state index is -5.46. The fourth-order valence-corrected chi connectivity index (χ4v) is 10.4. The molecule has 0 spiro atoms. The van der Waals surface area contributed by atoms with E-state index < -0.39 is 24.1 Å². The number of aliphatic hydroxyl groups is 1. The smallest absolute Gasteiger partial charge is 0.453 e. The van der Waals surface area contributed by atoms with Crippen molar-refractivity contribution in [1.29, 1.82) is 0 Å². The van der Waals surface area contributed by atoms with E-state index in [4.69, 9.17) is 15.9 Å². The molecule has 0 aromatic heterocycles. The number of rotatable bonds is 16. The molecule has 276 valence electrons.